The summed E-state index contributed by atoms with van der Waals surface area (Å²) in [6, 6.07) is 18.7. The number of nitrogens with zero attached hydrogens (tertiary/aromatic N) is 2. The van der Waals surface area contributed by atoms with Gasteiger partial charge in [0.05, 0.1) is 4.70 Å². The first kappa shape index (κ1) is 42.2. The van der Waals surface area contributed by atoms with Crippen LogP contribution in [-0.2, 0) is 36.7 Å². The molecule has 0 amide bonds. The second-order valence-corrected chi connectivity index (χ2v) is 16.6. The van der Waals surface area contributed by atoms with Crippen LogP contribution in [0.5, 0.6) is 0 Å². The largest absolute Gasteiger partial charge is 0.512 e. The van der Waals surface area contributed by atoms with Crippen LogP contribution >= 0.6 is 11.3 Å². The first-order valence-corrected chi connectivity index (χ1v) is 19.2. The van der Waals surface area contributed by atoms with E-state index in [2.05, 4.69) is 93.5 Å². The number of pyridine rings is 2. The number of allylic oxidation sites excluding steroid dienone is 2. The Labute approximate surface area is 324 Å². The molecule has 0 saturated carbocycles. The Hall–Kier alpha value is -3.18. The minimum Gasteiger partial charge on any atom is -0.512 e. The van der Waals surface area contributed by atoms with E-state index < -0.39 is 0 Å². The van der Waals surface area contributed by atoms with Crippen molar-refractivity contribution in [1.82, 2.24) is 9.97 Å². The van der Waals surface area contributed by atoms with Crippen LogP contribution in [0.1, 0.15) is 113 Å². The van der Waals surface area contributed by atoms with Crippen LogP contribution < -0.4 is 0 Å². The van der Waals surface area contributed by atoms with Crippen molar-refractivity contribution in [2.24, 2.45) is 16.7 Å². The van der Waals surface area contributed by atoms with Gasteiger partial charge in [-0.25, -0.2) is 0 Å². The molecule has 51 heavy (non-hydrogen) atoms. The van der Waals surface area contributed by atoms with Gasteiger partial charge in [-0.15, -0.1) is 40.5 Å². The third-order valence-electron chi connectivity index (χ3n) is 10.7. The monoisotopic (exact) mass is 882 g/mol. The zero-order chi connectivity index (χ0) is 36.9. The molecule has 0 spiro atoms. The predicted octanol–water partition coefficient (Wildman–Crippen LogP) is 13.1. The number of rotatable bonds is 11. The van der Waals surface area contributed by atoms with Gasteiger partial charge in [-0.1, -0.05) is 111 Å². The van der Waals surface area contributed by atoms with Gasteiger partial charge in [-0.2, -0.15) is 0 Å². The molecule has 3 aromatic heterocycles. The predicted molar refractivity (Wildman–Crippen MR) is 215 cm³/mol. The molecule has 0 aliphatic heterocycles. The summed E-state index contributed by atoms with van der Waals surface area (Å²) in [4.78, 5) is 21.5. The quantitative estimate of drug-likeness (QED) is 0.0815. The SMILES string of the molecule is CC(C)Cc1csc2cncc(-c3ccnc(-c4[c-]c5ccccc5c(C(C)(C)C)c4)c3)c12.CCC(C)(CC)C(=O)/C=C(\O)C(C)(CC)CC.[Ir]. The third kappa shape index (κ3) is 9.63. The van der Waals surface area contributed by atoms with Crippen LogP contribution in [0.2, 0.25) is 0 Å². The summed E-state index contributed by atoms with van der Waals surface area (Å²) in [6.45, 7) is 23.4. The van der Waals surface area contributed by atoms with Gasteiger partial charge in [0, 0.05) is 72.2 Å². The zero-order valence-corrected chi connectivity index (χ0v) is 35.7. The maximum atomic E-state index is 12.2. The number of ketones is 1. The topological polar surface area (TPSA) is 63.1 Å². The maximum absolute atomic E-state index is 12.2. The van der Waals surface area contributed by atoms with Crippen molar-refractivity contribution < 1.29 is 30.0 Å². The Balaban J connectivity index is 0.000000335. The first-order valence-electron chi connectivity index (χ1n) is 18.3. The Kier molecular flexibility index (Phi) is 14.5. The molecule has 6 heteroatoms. The maximum Gasteiger partial charge on any atom is 0.164 e. The average Bonchev–Trinajstić information content (AvgIpc) is 3.52. The summed E-state index contributed by atoms with van der Waals surface area (Å²) in [6.07, 6.45) is 11.7. The smallest absolute Gasteiger partial charge is 0.164 e. The van der Waals surface area contributed by atoms with Crippen molar-refractivity contribution in [3.05, 3.63) is 95.5 Å². The van der Waals surface area contributed by atoms with Crippen molar-refractivity contribution in [2.45, 2.75) is 114 Å². The molecule has 0 aliphatic carbocycles. The molecule has 5 aromatic rings. The van der Waals surface area contributed by atoms with Gasteiger partial charge in [0.25, 0.3) is 0 Å². The van der Waals surface area contributed by atoms with Crippen LogP contribution in [0, 0.1) is 22.8 Å². The summed E-state index contributed by atoms with van der Waals surface area (Å²) >= 11 is 1.79. The number of thiophene rings is 1. The van der Waals surface area contributed by atoms with Crippen molar-refractivity contribution in [2.75, 3.05) is 0 Å². The van der Waals surface area contributed by atoms with Gasteiger partial charge in [-0.3, -0.25) is 14.8 Å². The molecule has 0 atom stereocenters. The Morgan fingerprint density at radius 3 is 2.18 bits per heavy atom. The number of fused-ring (bicyclic) bond motifs is 2. The van der Waals surface area contributed by atoms with Crippen molar-refractivity contribution in [3.63, 3.8) is 0 Å². The van der Waals surface area contributed by atoms with Gasteiger partial charge in [0.2, 0.25) is 0 Å². The van der Waals surface area contributed by atoms with E-state index in [0.717, 1.165) is 54.3 Å². The standard InChI is InChI=1S/C30H29N2S.C15H28O2.Ir/c1-19(2)12-23-18-33-28-17-31-16-25(29(23)28)21-10-11-32-27(15-21)22-13-20-8-6-7-9-24(20)26(14-22)30(3,4)5;1-7-14(5,8-2)12(16)11-13(17)15(6,9-3)10-4;/h6-11,14-19H,12H2,1-5H3;11,16H,7-10H2,1-6H3;/q-1;;/b;12-11-;. The minimum absolute atomic E-state index is 0. The Bertz CT molecular complexity index is 1960. The minimum atomic E-state index is -0.337. The summed E-state index contributed by atoms with van der Waals surface area (Å²) in [7, 11) is 0. The second-order valence-electron chi connectivity index (χ2n) is 15.7. The average molecular weight is 882 g/mol. The van der Waals surface area contributed by atoms with Gasteiger partial charge < -0.3 is 5.11 Å². The third-order valence-corrected chi connectivity index (χ3v) is 11.7. The van der Waals surface area contributed by atoms with E-state index in [4.69, 9.17) is 4.98 Å². The molecule has 275 valence electrons. The fraction of sp³-hybridized carbons (Fsp3) is 0.444. The van der Waals surface area contributed by atoms with Gasteiger partial charge in [-0.05, 0) is 66.0 Å². The van der Waals surface area contributed by atoms with Crippen molar-refractivity contribution >= 4 is 38.0 Å². The summed E-state index contributed by atoms with van der Waals surface area (Å²) < 4.78 is 1.24. The molecular formula is C45H57IrN2O2S-. The van der Waals surface area contributed by atoms with Crippen molar-refractivity contribution in [3.8, 4) is 22.4 Å². The summed E-state index contributed by atoms with van der Waals surface area (Å²) in [5, 5.41) is 16.2. The molecule has 2 aromatic carbocycles. The van der Waals surface area contributed by atoms with Crippen LogP contribution in [0.4, 0.5) is 0 Å². The number of hydrogen-bond donors (Lipinski definition) is 1. The van der Waals surface area contributed by atoms with Crippen LogP contribution in [0.25, 0.3) is 43.2 Å². The van der Waals surface area contributed by atoms with Gasteiger partial charge in [0.15, 0.2) is 5.78 Å². The molecule has 4 nitrogen and oxygen atoms in total. The molecule has 0 fully saturated rings. The van der Waals surface area contributed by atoms with Gasteiger partial charge >= 0.3 is 0 Å². The molecule has 0 saturated heterocycles. The fourth-order valence-electron chi connectivity index (χ4n) is 6.28. The number of carbonyl (C=O) groups is 1. The fourth-order valence-corrected chi connectivity index (χ4v) is 7.25. The second kappa shape index (κ2) is 17.6. The van der Waals surface area contributed by atoms with E-state index in [0.29, 0.717) is 5.92 Å². The van der Waals surface area contributed by atoms with Crippen LogP contribution in [-0.4, -0.2) is 20.9 Å². The molecular weight excluding hydrogens is 825 g/mol. The van der Waals surface area contributed by atoms with Crippen LogP contribution in [0.15, 0.2) is 78.3 Å². The molecule has 0 unspecified atom stereocenters. The molecule has 0 bridgehead atoms. The van der Waals surface area contributed by atoms with E-state index in [1.165, 1.54) is 38.2 Å². The number of aromatic nitrogens is 2. The number of aliphatic hydroxyl groups is 1. The first-order chi connectivity index (χ1) is 23.6. The van der Waals surface area contributed by atoms with E-state index in [1.807, 2.05) is 60.1 Å². The normalized spacial score (nSPS) is 12.5. The van der Waals surface area contributed by atoms with E-state index >= 15 is 0 Å². The molecule has 0 aliphatic rings. The Morgan fingerprint density at radius 2 is 1.57 bits per heavy atom. The molecule has 5 rings (SSSR count). The van der Waals surface area contributed by atoms with Crippen molar-refractivity contribution in [1.29, 1.82) is 0 Å². The molecule has 3 heterocycles. The summed E-state index contributed by atoms with van der Waals surface area (Å²) in [5.41, 5.74) is 6.47. The van der Waals surface area contributed by atoms with Gasteiger partial charge in [0.1, 0.15) is 5.76 Å². The molecule has 1 radical (unpaired) electrons. The van der Waals surface area contributed by atoms with Crippen LogP contribution in [0.3, 0.4) is 0 Å². The van der Waals surface area contributed by atoms with E-state index in [9.17, 15) is 9.90 Å². The van der Waals surface area contributed by atoms with E-state index in [-0.39, 0.29) is 47.9 Å². The number of benzene rings is 2. The summed E-state index contributed by atoms with van der Waals surface area (Å²) in [5.74, 6) is 0.897. The number of aliphatic hydroxyl groups excluding tert-OH is 1. The van der Waals surface area contributed by atoms with E-state index in [1.54, 1.807) is 11.3 Å². The number of carbonyl (C=O) groups excluding carboxylic acids is 1. The molecule has 1 N–H and O–H groups in total. The zero-order valence-electron chi connectivity index (χ0n) is 32.5. The Morgan fingerprint density at radius 1 is 0.922 bits per heavy atom. The number of hydrogen-bond acceptors (Lipinski definition) is 5.